The number of β-amino-alcohol motifs (C(OH)–C–C–N with tert-alkyl or cyclic N) is 1. The molecule has 0 bridgehead atoms. The SMILES string of the molecule is CC(=O)NC1C(OCCCCC(=O)N2C[C@H](O)C[C@H]2COP(=O)([O-])O[C@@H]2C[C@@H](COP(=O)([O-])OC(C)(C)C)N(C(=O)CCCCOC3OC(CO)C(O)C(O)C3NC(C)=O)C2)OC(CO)C(O)C1O. The number of amides is 4. The fourth-order valence-electron chi connectivity index (χ4n) is 8.37. The molecule has 4 aliphatic heterocycles. The predicted molar refractivity (Wildman–Crippen MR) is 229 cm³/mol. The van der Waals surface area contributed by atoms with Crippen molar-refractivity contribution in [1.29, 1.82) is 0 Å². The van der Waals surface area contributed by atoms with Gasteiger partial charge in [0.2, 0.25) is 23.6 Å². The van der Waals surface area contributed by atoms with Gasteiger partial charge in [-0.15, -0.1) is 0 Å². The predicted octanol–water partition coefficient (Wildman–Crippen LogP) is -4.02. The Bertz CT molecular complexity index is 1780. The molecule has 0 saturated carbocycles. The topological polar surface area (TPSA) is 395 Å². The van der Waals surface area contributed by atoms with Gasteiger partial charge in [-0.3, -0.25) is 28.3 Å². The van der Waals surface area contributed by atoms with Crippen molar-refractivity contribution in [1.82, 2.24) is 20.4 Å². The van der Waals surface area contributed by atoms with Crippen LogP contribution in [0.4, 0.5) is 0 Å². The van der Waals surface area contributed by atoms with E-state index in [1.54, 1.807) is 0 Å². The van der Waals surface area contributed by atoms with Crippen LogP contribution in [0, 0.1) is 0 Å². The zero-order chi connectivity index (χ0) is 51.4. The highest BCUT2D eigenvalue weighted by Gasteiger charge is 2.47. The van der Waals surface area contributed by atoms with Gasteiger partial charge in [-0.05, 0) is 59.3 Å². The Hall–Kier alpha value is -2.34. The highest BCUT2D eigenvalue weighted by molar-refractivity contribution is 7.46. The van der Waals surface area contributed by atoms with Crippen LogP contribution >= 0.6 is 15.6 Å². The van der Waals surface area contributed by atoms with E-state index in [1.165, 1.54) is 44.4 Å². The molecule has 27 nitrogen and oxygen atoms in total. The third-order valence-electron chi connectivity index (χ3n) is 11.6. The smallest absolute Gasteiger partial charge is 0.268 e. The van der Waals surface area contributed by atoms with Gasteiger partial charge in [0.05, 0.1) is 56.3 Å². The Balaban J connectivity index is 1.29. The van der Waals surface area contributed by atoms with Gasteiger partial charge in [0.15, 0.2) is 12.6 Å². The Labute approximate surface area is 399 Å². The largest absolute Gasteiger partial charge is 0.756 e. The summed E-state index contributed by atoms with van der Waals surface area (Å²) in [5, 5.41) is 75.8. The summed E-state index contributed by atoms with van der Waals surface area (Å²) in [7, 11) is -10.1. The second-order valence-corrected chi connectivity index (χ2v) is 21.2. The molecular weight excluding hydrogens is 966 g/mol. The molecule has 400 valence electrons. The first kappa shape index (κ1) is 59.2. The van der Waals surface area contributed by atoms with Crippen molar-refractivity contribution < 1.29 is 111 Å². The zero-order valence-corrected chi connectivity index (χ0v) is 41.1. The number of rotatable bonds is 25. The second-order valence-electron chi connectivity index (χ2n) is 18.5. The number of phosphoric acid groups is 2. The first-order chi connectivity index (χ1) is 32.2. The number of aliphatic hydroxyl groups excluding tert-OH is 7. The van der Waals surface area contributed by atoms with Crippen LogP contribution in [-0.2, 0) is 65.4 Å². The minimum absolute atomic E-state index is 0.0148. The maximum absolute atomic E-state index is 13.6. The van der Waals surface area contributed by atoms with Crippen LogP contribution in [0.2, 0.25) is 0 Å². The minimum Gasteiger partial charge on any atom is -0.756 e. The van der Waals surface area contributed by atoms with E-state index in [-0.39, 0.29) is 77.7 Å². The summed E-state index contributed by atoms with van der Waals surface area (Å²) in [5.74, 6) is -2.02. The number of phosphoric ester groups is 2. The average Bonchev–Trinajstić information content (AvgIpc) is 3.84. The van der Waals surface area contributed by atoms with Crippen molar-refractivity contribution in [2.24, 2.45) is 0 Å². The molecule has 4 saturated heterocycles. The standard InChI is InChI=1S/C40H72N4O23P2/c1-22(47)41-32-36(54)34(52)28(18-45)64-38(32)60-12-8-6-10-30(50)43-16-26(49)14-24(43)20-62-68(56,57)66-27-15-25(21-63-69(58,59)67-40(3,4)5)44(17-27)31(51)11-7-9-13-61-39-33(42-23(2)48)37(55)35(53)29(19-46)65-39/h24-29,32-39,45-46,49,52-55H,6-21H2,1-5H3,(H,41,47)(H,42,48)(H,56,57)(H,58,59)/p-2/t24-,25-,26+,27+,28?,29?,32?,33?,34?,35?,36?,37?,38?,39?/m0/s1. The van der Waals surface area contributed by atoms with Crippen molar-refractivity contribution in [3.8, 4) is 0 Å². The van der Waals surface area contributed by atoms with Gasteiger partial charge in [0.1, 0.15) is 48.7 Å². The molecule has 69 heavy (non-hydrogen) atoms. The molecule has 29 heteroatoms. The maximum Gasteiger partial charge on any atom is 0.268 e. The average molecular weight is 1040 g/mol. The molecule has 4 amide bonds. The van der Waals surface area contributed by atoms with Crippen LogP contribution in [0.25, 0.3) is 0 Å². The fourth-order valence-corrected chi connectivity index (χ4v) is 10.4. The number of unbranched alkanes of at least 4 members (excludes halogenated alkanes) is 2. The van der Waals surface area contributed by atoms with Crippen LogP contribution in [0.1, 0.15) is 86.0 Å². The maximum atomic E-state index is 13.6. The lowest BCUT2D eigenvalue weighted by Crippen LogP contribution is -2.64. The summed E-state index contributed by atoms with van der Waals surface area (Å²) in [4.78, 5) is 78.6. The molecule has 0 aromatic rings. The summed E-state index contributed by atoms with van der Waals surface area (Å²) in [6.07, 6.45) is -12.5. The van der Waals surface area contributed by atoms with Gasteiger partial charge in [-0.2, -0.15) is 0 Å². The van der Waals surface area contributed by atoms with Gasteiger partial charge >= 0.3 is 0 Å². The first-order valence-electron chi connectivity index (χ1n) is 22.8. The van der Waals surface area contributed by atoms with E-state index in [2.05, 4.69) is 10.6 Å². The Morgan fingerprint density at radius 1 is 0.667 bits per heavy atom. The molecule has 0 radical (unpaired) electrons. The minimum atomic E-state index is -5.18. The molecule has 0 aromatic heterocycles. The molecule has 0 aromatic carbocycles. The Morgan fingerprint density at radius 3 is 1.54 bits per heavy atom. The van der Waals surface area contributed by atoms with Crippen LogP contribution < -0.4 is 20.4 Å². The molecule has 4 fully saturated rings. The number of carbonyl (C=O) groups excluding carboxylic acids is 4. The van der Waals surface area contributed by atoms with Crippen molar-refractivity contribution in [3.63, 3.8) is 0 Å². The molecule has 4 aliphatic rings. The zero-order valence-electron chi connectivity index (χ0n) is 39.3. The van der Waals surface area contributed by atoms with Crippen molar-refractivity contribution >= 4 is 39.3 Å². The van der Waals surface area contributed by atoms with E-state index in [4.69, 9.17) is 37.0 Å². The van der Waals surface area contributed by atoms with Gasteiger partial charge in [-0.1, -0.05) is 0 Å². The van der Waals surface area contributed by atoms with Gasteiger partial charge in [-0.25, -0.2) is 0 Å². The molecule has 0 spiro atoms. The summed E-state index contributed by atoms with van der Waals surface area (Å²) in [6.45, 7) is 3.88. The van der Waals surface area contributed by atoms with E-state index >= 15 is 0 Å². The van der Waals surface area contributed by atoms with Crippen LogP contribution in [0.3, 0.4) is 0 Å². The number of hydrogen-bond donors (Lipinski definition) is 9. The normalized spacial score (nSPS) is 33.7. The van der Waals surface area contributed by atoms with Crippen molar-refractivity contribution in [2.45, 2.75) is 177 Å². The van der Waals surface area contributed by atoms with Crippen LogP contribution in [0.15, 0.2) is 0 Å². The number of nitrogens with one attached hydrogen (secondary N) is 2. The van der Waals surface area contributed by atoms with Gasteiger partial charge in [0.25, 0.3) is 15.6 Å². The van der Waals surface area contributed by atoms with Crippen molar-refractivity contribution in [2.75, 3.05) is 52.7 Å². The summed E-state index contributed by atoms with van der Waals surface area (Å²) >= 11 is 0. The monoisotopic (exact) mass is 1040 g/mol. The second kappa shape index (κ2) is 26.6. The lowest BCUT2D eigenvalue weighted by atomic mass is 9.97. The quantitative estimate of drug-likeness (QED) is 0.0311. The summed E-state index contributed by atoms with van der Waals surface area (Å²) in [5.41, 5.74) is -1.15. The molecule has 16 atom stereocenters. The molecule has 0 aliphatic carbocycles. The number of likely N-dealkylation sites (tertiary alicyclic amines) is 2. The van der Waals surface area contributed by atoms with E-state index in [9.17, 15) is 73.8 Å². The molecular formula is C40H70N4O23P2-2. The van der Waals surface area contributed by atoms with E-state index in [0.29, 0.717) is 0 Å². The number of aliphatic hydroxyl groups is 7. The van der Waals surface area contributed by atoms with E-state index < -0.39 is 157 Å². The molecule has 12 unspecified atom stereocenters. The molecule has 4 heterocycles. The highest BCUT2D eigenvalue weighted by Crippen LogP contribution is 2.46. The van der Waals surface area contributed by atoms with E-state index in [0.717, 1.165) is 0 Å². The van der Waals surface area contributed by atoms with Gasteiger partial charge < -0.3 is 103 Å². The molecule has 4 rings (SSSR count). The molecule has 9 N–H and O–H groups in total. The number of nitrogens with zero attached hydrogens (tertiary/aromatic N) is 2. The van der Waals surface area contributed by atoms with Gasteiger partial charge in [0, 0.05) is 53.0 Å². The third-order valence-corrected chi connectivity index (χ3v) is 13.8. The van der Waals surface area contributed by atoms with Crippen LogP contribution in [-0.4, -0.2) is 213 Å². The third kappa shape index (κ3) is 18.3. The lowest BCUT2D eigenvalue weighted by Gasteiger charge is -2.42. The fraction of sp³-hybridized carbons (Fsp3) is 0.900. The number of ether oxygens (including phenoxy) is 4. The Morgan fingerprint density at radius 2 is 1.10 bits per heavy atom. The van der Waals surface area contributed by atoms with Crippen LogP contribution in [0.5, 0.6) is 0 Å². The number of carbonyl (C=O) groups is 4. The van der Waals surface area contributed by atoms with Crippen molar-refractivity contribution in [3.05, 3.63) is 0 Å². The summed E-state index contributed by atoms with van der Waals surface area (Å²) in [6, 6.07) is -4.19. The number of hydrogen-bond acceptors (Lipinski definition) is 23. The lowest BCUT2D eigenvalue weighted by molar-refractivity contribution is -0.270. The Kier molecular flexibility index (Phi) is 22.8. The highest BCUT2D eigenvalue weighted by atomic mass is 31.2. The summed E-state index contributed by atoms with van der Waals surface area (Å²) < 4.78 is 69.0. The first-order valence-corrected chi connectivity index (χ1v) is 25.8. The van der Waals surface area contributed by atoms with E-state index in [1.807, 2.05) is 0 Å².